The van der Waals surface area contributed by atoms with Crippen LogP contribution in [0.15, 0.2) is 36.6 Å². The van der Waals surface area contributed by atoms with Crippen LogP contribution in [0.1, 0.15) is 108 Å². The Kier molecular flexibility index (Phi) is 7.02. The lowest BCUT2D eigenvalue weighted by Gasteiger charge is -2.55. The number of rotatable bonds is 5. The Balaban J connectivity index is 1.17. The highest BCUT2D eigenvalue weighted by Gasteiger charge is 2.45. The first-order valence-electron chi connectivity index (χ1n) is 16.0. The Morgan fingerprint density at radius 2 is 1.55 bits per heavy atom. The number of hydrogen-bond acceptors (Lipinski definition) is 4. The molecular weight excluding hydrogens is 468 g/mol. The fourth-order valence-corrected chi connectivity index (χ4v) is 9.71. The van der Waals surface area contributed by atoms with E-state index in [1.165, 1.54) is 94.8 Å². The lowest BCUT2D eigenvalue weighted by Crippen LogP contribution is -2.58. The van der Waals surface area contributed by atoms with Gasteiger partial charge in [-0.3, -0.25) is 9.80 Å². The van der Waals surface area contributed by atoms with Crippen molar-refractivity contribution in [3.05, 3.63) is 42.4 Å². The fourth-order valence-electron chi connectivity index (χ4n) is 9.71. The number of aliphatic hydroxyl groups is 1. The van der Waals surface area contributed by atoms with Crippen molar-refractivity contribution in [1.29, 1.82) is 0 Å². The van der Waals surface area contributed by atoms with Crippen LogP contribution in [0.2, 0.25) is 0 Å². The SMILES string of the molecule is C=C(O)CN1CCC[C@H](c2nc3ccccc3n2C2C[C@H]3CCC[C@@H](C2)N3C2C[C@H]3CCCC[C@@H](C2)C3)C1. The van der Waals surface area contributed by atoms with Crippen LogP contribution < -0.4 is 0 Å². The van der Waals surface area contributed by atoms with Crippen molar-refractivity contribution in [2.75, 3.05) is 19.6 Å². The van der Waals surface area contributed by atoms with Crippen LogP contribution in [0.4, 0.5) is 0 Å². The first-order chi connectivity index (χ1) is 18.6. The predicted octanol–water partition coefficient (Wildman–Crippen LogP) is 7.20. The molecule has 38 heavy (non-hydrogen) atoms. The molecule has 2 aromatic rings. The summed E-state index contributed by atoms with van der Waals surface area (Å²) < 4.78 is 2.71. The monoisotopic (exact) mass is 516 g/mol. The number of likely N-dealkylation sites (tertiary alicyclic amines) is 1. The molecule has 1 aromatic heterocycles. The number of nitrogens with zero attached hydrogens (tertiary/aromatic N) is 4. The largest absolute Gasteiger partial charge is 0.512 e. The molecule has 0 radical (unpaired) electrons. The van der Waals surface area contributed by atoms with Crippen LogP contribution in [0.25, 0.3) is 11.0 Å². The van der Waals surface area contributed by atoms with Crippen molar-refractivity contribution in [3.63, 3.8) is 0 Å². The van der Waals surface area contributed by atoms with Gasteiger partial charge in [-0.25, -0.2) is 4.98 Å². The molecule has 4 heterocycles. The molecular formula is C33H48N4O. The molecule has 2 saturated carbocycles. The maximum atomic E-state index is 9.86. The highest BCUT2D eigenvalue weighted by atomic mass is 16.3. The second-order valence-electron chi connectivity index (χ2n) is 13.7. The minimum absolute atomic E-state index is 0.280. The standard InChI is InChI=1S/C33H48N4O/c1-23(38)21-35-15-7-10-26(22-35)33-34-31-13-4-5-14-32(31)37(33)30-19-27-11-6-12-28(20-30)36(27)29-17-24-8-2-3-9-25(16-24)18-29/h4-5,13-14,24-30,38H,1-3,6-12,15-22H2/t24-,25+,26-,27-,28+,29?,30?/m0/s1. The van der Waals surface area contributed by atoms with E-state index in [1.54, 1.807) is 0 Å². The molecule has 2 unspecified atom stereocenters. The van der Waals surface area contributed by atoms with Gasteiger partial charge in [-0.05, 0) is 88.3 Å². The first kappa shape index (κ1) is 25.1. The van der Waals surface area contributed by atoms with Crippen LogP contribution in [0.3, 0.4) is 0 Å². The Hall–Kier alpha value is -1.85. The van der Waals surface area contributed by atoms with Crippen molar-refractivity contribution >= 4 is 11.0 Å². The van der Waals surface area contributed by atoms with E-state index in [1.807, 2.05) is 0 Å². The molecule has 1 N–H and O–H groups in total. The quantitative estimate of drug-likeness (QED) is 0.427. The predicted molar refractivity (Wildman–Crippen MR) is 155 cm³/mol. The van der Waals surface area contributed by atoms with Crippen LogP contribution >= 0.6 is 0 Å². The third-order valence-corrected chi connectivity index (χ3v) is 11.0. The Labute approximate surface area is 229 Å². The van der Waals surface area contributed by atoms with Gasteiger partial charge in [-0.15, -0.1) is 0 Å². The molecule has 0 spiro atoms. The van der Waals surface area contributed by atoms with Gasteiger partial charge in [0.2, 0.25) is 0 Å². The number of aliphatic hydroxyl groups excluding tert-OH is 1. The van der Waals surface area contributed by atoms with Gasteiger partial charge >= 0.3 is 0 Å². The molecule has 7 atom stereocenters. The van der Waals surface area contributed by atoms with Crippen molar-refractivity contribution in [3.8, 4) is 0 Å². The summed E-state index contributed by atoms with van der Waals surface area (Å²) >= 11 is 0. The summed E-state index contributed by atoms with van der Waals surface area (Å²) in [6.45, 7) is 6.36. The summed E-state index contributed by atoms with van der Waals surface area (Å²) in [5, 5.41) is 9.86. The van der Waals surface area contributed by atoms with Gasteiger partial charge in [0.15, 0.2) is 0 Å². The number of piperidine rings is 3. The zero-order chi connectivity index (χ0) is 25.6. The zero-order valence-corrected chi connectivity index (χ0v) is 23.3. The molecule has 0 amide bonds. The summed E-state index contributed by atoms with van der Waals surface area (Å²) in [6.07, 6.45) is 19.5. The molecule has 206 valence electrons. The van der Waals surface area contributed by atoms with E-state index in [-0.39, 0.29) is 5.76 Å². The van der Waals surface area contributed by atoms with Gasteiger partial charge in [0.05, 0.1) is 23.3 Å². The summed E-state index contributed by atoms with van der Waals surface area (Å²) in [4.78, 5) is 10.8. The Bertz CT molecular complexity index is 1110. The Morgan fingerprint density at radius 3 is 2.29 bits per heavy atom. The van der Waals surface area contributed by atoms with Gasteiger partial charge in [0, 0.05) is 36.6 Å². The molecule has 5 nitrogen and oxygen atoms in total. The fraction of sp³-hybridized carbons (Fsp3) is 0.727. The van der Waals surface area contributed by atoms with Gasteiger partial charge in [-0.2, -0.15) is 0 Å². The number of hydrogen-bond donors (Lipinski definition) is 1. The van der Waals surface area contributed by atoms with E-state index in [0.717, 1.165) is 55.0 Å². The summed E-state index contributed by atoms with van der Waals surface area (Å²) in [5.41, 5.74) is 2.50. The van der Waals surface area contributed by atoms with E-state index in [9.17, 15) is 5.11 Å². The topological polar surface area (TPSA) is 44.5 Å². The molecule has 5 heteroatoms. The first-order valence-corrected chi connectivity index (χ1v) is 16.0. The number of aromatic nitrogens is 2. The van der Waals surface area contributed by atoms with Crippen molar-refractivity contribution in [2.24, 2.45) is 11.8 Å². The zero-order valence-electron chi connectivity index (χ0n) is 23.3. The van der Waals surface area contributed by atoms with E-state index in [0.29, 0.717) is 18.5 Å². The molecule has 7 rings (SSSR count). The molecule has 2 aliphatic carbocycles. The van der Waals surface area contributed by atoms with Crippen molar-refractivity contribution in [2.45, 2.75) is 120 Å². The van der Waals surface area contributed by atoms with Gasteiger partial charge in [0.25, 0.3) is 0 Å². The van der Waals surface area contributed by atoms with Crippen LogP contribution in [-0.4, -0.2) is 62.2 Å². The van der Waals surface area contributed by atoms with Gasteiger partial charge in [-0.1, -0.05) is 50.8 Å². The van der Waals surface area contributed by atoms with Crippen molar-refractivity contribution < 1.29 is 5.11 Å². The third-order valence-electron chi connectivity index (χ3n) is 11.0. The number of benzene rings is 1. The Morgan fingerprint density at radius 1 is 0.816 bits per heavy atom. The van der Waals surface area contributed by atoms with E-state index in [2.05, 4.69) is 45.2 Å². The number of para-hydroxylation sites is 2. The van der Waals surface area contributed by atoms with E-state index >= 15 is 0 Å². The lowest BCUT2D eigenvalue weighted by atomic mass is 9.73. The summed E-state index contributed by atoms with van der Waals surface area (Å²) in [7, 11) is 0. The molecule has 5 fully saturated rings. The second-order valence-corrected chi connectivity index (χ2v) is 13.7. The van der Waals surface area contributed by atoms with Crippen LogP contribution in [0, 0.1) is 11.8 Å². The van der Waals surface area contributed by atoms with E-state index in [4.69, 9.17) is 4.98 Å². The van der Waals surface area contributed by atoms with Crippen LogP contribution in [-0.2, 0) is 0 Å². The van der Waals surface area contributed by atoms with E-state index < -0.39 is 0 Å². The highest BCUT2D eigenvalue weighted by molar-refractivity contribution is 5.76. The maximum absolute atomic E-state index is 9.86. The molecule has 3 aliphatic heterocycles. The number of imidazole rings is 1. The van der Waals surface area contributed by atoms with Gasteiger partial charge in [0.1, 0.15) is 5.82 Å². The number of fused-ring (bicyclic) bond motifs is 5. The van der Waals surface area contributed by atoms with Crippen molar-refractivity contribution in [1.82, 2.24) is 19.4 Å². The third kappa shape index (κ3) is 4.83. The minimum atomic E-state index is 0.280. The average Bonchev–Trinajstić information content (AvgIpc) is 3.21. The summed E-state index contributed by atoms with van der Waals surface area (Å²) in [6, 6.07) is 11.8. The smallest absolute Gasteiger partial charge is 0.114 e. The molecule has 5 aliphatic rings. The maximum Gasteiger partial charge on any atom is 0.114 e. The lowest BCUT2D eigenvalue weighted by molar-refractivity contribution is -0.0422. The molecule has 4 bridgehead atoms. The molecule has 3 saturated heterocycles. The van der Waals surface area contributed by atoms with Crippen LogP contribution in [0.5, 0.6) is 0 Å². The summed E-state index contributed by atoms with van der Waals surface area (Å²) in [5.74, 6) is 4.00. The molecule has 1 aromatic carbocycles. The highest BCUT2D eigenvalue weighted by Crippen LogP contribution is 2.48. The average molecular weight is 517 g/mol. The second kappa shape index (κ2) is 10.6. The minimum Gasteiger partial charge on any atom is -0.512 e. The van der Waals surface area contributed by atoms with Gasteiger partial charge < -0.3 is 9.67 Å². The normalized spacial score (nSPS) is 36.7.